The summed E-state index contributed by atoms with van der Waals surface area (Å²) >= 11 is 0. The van der Waals surface area contributed by atoms with Crippen molar-refractivity contribution < 1.29 is 19.0 Å². The summed E-state index contributed by atoms with van der Waals surface area (Å²) in [5, 5.41) is 3.30. The molecule has 0 bridgehead atoms. The molecule has 6 nitrogen and oxygen atoms in total. The highest BCUT2D eigenvalue weighted by molar-refractivity contribution is 5.85. The first-order chi connectivity index (χ1) is 13.7. The van der Waals surface area contributed by atoms with E-state index in [1.54, 1.807) is 11.9 Å². The zero-order valence-corrected chi connectivity index (χ0v) is 17.5. The number of benzene rings is 2. The number of morpholine rings is 1. The topological polar surface area (TPSA) is 60.0 Å². The number of nitrogens with zero attached hydrogens (tertiary/aromatic N) is 1. The SMILES string of the molecule is CN(CCOc1ccc(OCc2ccccc2)cc1)C(=O)CC1COCCN1.Cl. The standard InChI is InChI=1S/C22H28N2O4.ClH/c1-24(22(25)15-19-17-26-13-11-23-19)12-14-27-20-7-9-21(10-8-20)28-16-18-5-3-2-4-6-18;/h2-10,19,23H,11-17H2,1H3;1H. The largest absolute Gasteiger partial charge is 0.492 e. The number of halogens is 1. The van der Waals surface area contributed by atoms with Crippen molar-refractivity contribution in [3.05, 3.63) is 60.2 Å². The van der Waals surface area contributed by atoms with Crippen LogP contribution in [0.4, 0.5) is 0 Å². The van der Waals surface area contributed by atoms with Crippen LogP contribution in [-0.2, 0) is 16.1 Å². The quantitative estimate of drug-likeness (QED) is 0.676. The smallest absolute Gasteiger partial charge is 0.224 e. The lowest BCUT2D eigenvalue weighted by atomic mass is 10.2. The Morgan fingerprint density at radius 3 is 2.45 bits per heavy atom. The molecule has 0 saturated carbocycles. The average molecular weight is 421 g/mol. The predicted octanol–water partition coefficient (Wildman–Crippen LogP) is 2.90. The molecule has 7 heteroatoms. The van der Waals surface area contributed by atoms with Crippen LogP contribution in [0, 0.1) is 0 Å². The molecule has 0 aromatic heterocycles. The van der Waals surface area contributed by atoms with Crippen LogP contribution >= 0.6 is 12.4 Å². The number of nitrogens with one attached hydrogen (secondary N) is 1. The fourth-order valence-corrected chi connectivity index (χ4v) is 2.92. The Hall–Kier alpha value is -2.28. The van der Waals surface area contributed by atoms with Gasteiger partial charge in [0.1, 0.15) is 24.7 Å². The van der Waals surface area contributed by atoms with Crippen LogP contribution in [0.3, 0.4) is 0 Å². The molecule has 1 fully saturated rings. The van der Waals surface area contributed by atoms with Crippen molar-refractivity contribution in [1.82, 2.24) is 10.2 Å². The van der Waals surface area contributed by atoms with E-state index in [4.69, 9.17) is 14.2 Å². The lowest BCUT2D eigenvalue weighted by Crippen LogP contribution is -2.45. The fraction of sp³-hybridized carbons (Fsp3) is 0.409. The van der Waals surface area contributed by atoms with Crippen molar-refractivity contribution in [3.8, 4) is 11.5 Å². The van der Waals surface area contributed by atoms with Crippen LogP contribution in [0.1, 0.15) is 12.0 Å². The fourth-order valence-electron chi connectivity index (χ4n) is 2.92. The highest BCUT2D eigenvalue weighted by atomic mass is 35.5. The molecule has 3 rings (SSSR count). The molecule has 1 aliphatic rings. The Bertz CT molecular complexity index is 721. The maximum Gasteiger partial charge on any atom is 0.224 e. The number of carbonyl (C=O) groups excluding carboxylic acids is 1. The van der Waals surface area contributed by atoms with Crippen molar-refractivity contribution in [2.45, 2.75) is 19.1 Å². The lowest BCUT2D eigenvalue weighted by molar-refractivity contribution is -0.131. The summed E-state index contributed by atoms with van der Waals surface area (Å²) < 4.78 is 16.9. The third-order valence-electron chi connectivity index (χ3n) is 4.61. The highest BCUT2D eigenvalue weighted by Gasteiger charge is 2.19. The van der Waals surface area contributed by atoms with Crippen molar-refractivity contribution in [2.24, 2.45) is 0 Å². The molecule has 1 atom stereocenters. The van der Waals surface area contributed by atoms with E-state index in [0.717, 1.165) is 23.6 Å². The van der Waals surface area contributed by atoms with E-state index in [-0.39, 0.29) is 24.4 Å². The normalized spacial score (nSPS) is 15.8. The number of hydrogen-bond donors (Lipinski definition) is 1. The van der Waals surface area contributed by atoms with Gasteiger partial charge in [0, 0.05) is 26.1 Å². The van der Waals surface area contributed by atoms with E-state index in [2.05, 4.69) is 5.32 Å². The summed E-state index contributed by atoms with van der Waals surface area (Å²) in [6.45, 7) is 3.63. The molecule has 1 heterocycles. The monoisotopic (exact) mass is 420 g/mol. The first kappa shape index (κ1) is 23.0. The minimum Gasteiger partial charge on any atom is -0.492 e. The number of likely N-dealkylation sites (N-methyl/N-ethyl adjacent to an activating group) is 1. The van der Waals surface area contributed by atoms with E-state index >= 15 is 0 Å². The molecule has 1 aliphatic heterocycles. The molecular formula is C22H29ClN2O4. The third-order valence-corrected chi connectivity index (χ3v) is 4.61. The minimum absolute atomic E-state index is 0. The van der Waals surface area contributed by atoms with Crippen LogP contribution in [-0.4, -0.2) is 56.8 Å². The Kier molecular flexibility index (Phi) is 9.77. The highest BCUT2D eigenvalue weighted by Crippen LogP contribution is 2.18. The number of rotatable bonds is 9. The maximum atomic E-state index is 12.2. The molecule has 29 heavy (non-hydrogen) atoms. The van der Waals surface area contributed by atoms with Gasteiger partial charge in [-0.15, -0.1) is 12.4 Å². The lowest BCUT2D eigenvalue weighted by Gasteiger charge is -2.25. The van der Waals surface area contributed by atoms with Gasteiger partial charge in [0.05, 0.1) is 19.8 Å². The summed E-state index contributed by atoms with van der Waals surface area (Å²) in [4.78, 5) is 13.9. The van der Waals surface area contributed by atoms with E-state index in [1.165, 1.54) is 0 Å². The summed E-state index contributed by atoms with van der Waals surface area (Å²) in [5.74, 6) is 1.65. The first-order valence-electron chi connectivity index (χ1n) is 9.65. The molecule has 1 N–H and O–H groups in total. The zero-order chi connectivity index (χ0) is 19.6. The predicted molar refractivity (Wildman–Crippen MR) is 115 cm³/mol. The summed E-state index contributed by atoms with van der Waals surface area (Å²) in [6.07, 6.45) is 0.448. The number of hydrogen-bond acceptors (Lipinski definition) is 5. The molecule has 1 amide bonds. The summed E-state index contributed by atoms with van der Waals surface area (Å²) in [6, 6.07) is 17.7. The number of amides is 1. The van der Waals surface area contributed by atoms with E-state index in [9.17, 15) is 4.79 Å². The number of carbonyl (C=O) groups is 1. The van der Waals surface area contributed by atoms with Gasteiger partial charge >= 0.3 is 0 Å². The second-order valence-electron chi connectivity index (χ2n) is 6.84. The molecule has 158 valence electrons. The van der Waals surface area contributed by atoms with Gasteiger partial charge in [-0.1, -0.05) is 30.3 Å². The van der Waals surface area contributed by atoms with Gasteiger partial charge in [-0.3, -0.25) is 4.79 Å². The van der Waals surface area contributed by atoms with Crippen LogP contribution in [0.5, 0.6) is 11.5 Å². The molecule has 0 spiro atoms. The van der Waals surface area contributed by atoms with Gasteiger partial charge < -0.3 is 24.4 Å². The van der Waals surface area contributed by atoms with Crippen LogP contribution in [0.2, 0.25) is 0 Å². The third kappa shape index (κ3) is 7.93. The van der Waals surface area contributed by atoms with Gasteiger partial charge in [-0.25, -0.2) is 0 Å². The Labute approximate surface area is 178 Å². The summed E-state index contributed by atoms with van der Waals surface area (Å²) in [7, 11) is 1.80. The van der Waals surface area contributed by atoms with Crippen molar-refractivity contribution in [2.75, 3.05) is 40.0 Å². The Balaban J connectivity index is 0.00000300. The average Bonchev–Trinajstić information content (AvgIpc) is 2.74. The van der Waals surface area contributed by atoms with E-state index in [0.29, 0.717) is 39.4 Å². The molecule has 2 aromatic carbocycles. The van der Waals surface area contributed by atoms with Gasteiger partial charge in [-0.05, 0) is 29.8 Å². The molecular weight excluding hydrogens is 392 g/mol. The van der Waals surface area contributed by atoms with Crippen molar-refractivity contribution in [3.63, 3.8) is 0 Å². The van der Waals surface area contributed by atoms with Gasteiger partial charge in [0.25, 0.3) is 0 Å². The van der Waals surface area contributed by atoms with Gasteiger partial charge in [-0.2, -0.15) is 0 Å². The Morgan fingerprint density at radius 1 is 1.10 bits per heavy atom. The first-order valence-corrected chi connectivity index (χ1v) is 9.65. The second-order valence-corrected chi connectivity index (χ2v) is 6.84. The molecule has 0 aliphatic carbocycles. The van der Waals surface area contributed by atoms with Crippen LogP contribution in [0.25, 0.3) is 0 Å². The maximum absolute atomic E-state index is 12.2. The van der Waals surface area contributed by atoms with E-state index < -0.39 is 0 Å². The second kappa shape index (κ2) is 12.3. The molecule has 1 saturated heterocycles. The molecule has 1 unspecified atom stereocenters. The van der Waals surface area contributed by atoms with Gasteiger partial charge in [0.15, 0.2) is 0 Å². The molecule has 2 aromatic rings. The van der Waals surface area contributed by atoms with Crippen LogP contribution < -0.4 is 14.8 Å². The Morgan fingerprint density at radius 2 is 1.79 bits per heavy atom. The van der Waals surface area contributed by atoms with E-state index in [1.807, 2.05) is 54.6 Å². The summed E-state index contributed by atoms with van der Waals surface area (Å²) in [5.41, 5.74) is 1.13. The van der Waals surface area contributed by atoms with Crippen LogP contribution in [0.15, 0.2) is 54.6 Å². The zero-order valence-electron chi connectivity index (χ0n) is 16.7. The van der Waals surface area contributed by atoms with Crippen molar-refractivity contribution >= 4 is 18.3 Å². The van der Waals surface area contributed by atoms with Crippen molar-refractivity contribution in [1.29, 1.82) is 0 Å². The number of ether oxygens (including phenoxy) is 3. The molecule has 0 radical (unpaired) electrons. The minimum atomic E-state index is 0. The van der Waals surface area contributed by atoms with Gasteiger partial charge in [0.2, 0.25) is 5.91 Å².